The van der Waals surface area contributed by atoms with E-state index in [1.165, 1.54) is 0 Å². The lowest BCUT2D eigenvalue weighted by atomic mass is 10.2. The molecule has 1 aliphatic rings. The fraction of sp³-hybridized carbons (Fsp3) is 0.875. The highest BCUT2D eigenvalue weighted by Gasteiger charge is 2.20. The first kappa shape index (κ1) is 9.48. The van der Waals surface area contributed by atoms with Gasteiger partial charge in [0.2, 0.25) is 5.91 Å². The van der Waals surface area contributed by atoms with E-state index in [9.17, 15) is 4.79 Å². The molecule has 0 aromatic carbocycles. The number of amides is 1. The molecule has 70 valence electrons. The zero-order valence-electron chi connectivity index (χ0n) is 7.45. The summed E-state index contributed by atoms with van der Waals surface area (Å²) in [6.07, 6.45) is 0.490. The standard InChI is InChI=1S/C8H16N2O2/c1-7(6-9)10-3-5-12-4-2-8(10)11/h7H,2-6,9H2,1H3. The summed E-state index contributed by atoms with van der Waals surface area (Å²) in [5.74, 6) is 0.158. The highest BCUT2D eigenvalue weighted by atomic mass is 16.5. The van der Waals surface area contributed by atoms with E-state index in [0.717, 1.165) is 0 Å². The number of nitrogens with two attached hydrogens (primary N) is 1. The lowest BCUT2D eigenvalue weighted by Crippen LogP contribution is -2.43. The molecule has 1 fully saturated rings. The Morgan fingerprint density at radius 3 is 3.08 bits per heavy atom. The summed E-state index contributed by atoms with van der Waals surface area (Å²) >= 11 is 0. The molecule has 4 heteroatoms. The van der Waals surface area contributed by atoms with Crippen molar-refractivity contribution in [3.63, 3.8) is 0 Å². The average molecular weight is 172 g/mol. The van der Waals surface area contributed by atoms with Gasteiger partial charge < -0.3 is 15.4 Å². The van der Waals surface area contributed by atoms with Gasteiger partial charge in [-0.15, -0.1) is 0 Å². The number of ether oxygens (including phenoxy) is 1. The second kappa shape index (κ2) is 4.42. The SMILES string of the molecule is CC(CN)N1CCOCCC1=O. The molecule has 0 bridgehead atoms. The molecule has 1 unspecified atom stereocenters. The van der Waals surface area contributed by atoms with Crippen molar-refractivity contribution in [3.8, 4) is 0 Å². The molecule has 1 atom stereocenters. The Kier molecular flexibility index (Phi) is 3.49. The van der Waals surface area contributed by atoms with Gasteiger partial charge in [-0.3, -0.25) is 4.79 Å². The van der Waals surface area contributed by atoms with Gasteiger partial charge in [0.25, 0.3) is 0 Å². The van der Waals surface area contributed by atoms with Crippen molar-refractivity contribution < 1.29 is 9.53 Å². The topological polar surface area (TPSA) is 55.6 Å². The summed E-state index contributed by atoms with van der Waals surface area (Å²) in [4.78, 5) is 13.2. The maximum Gasteiger partial charge on any atom is 0.225 e. The van der Waals surface area contributed by atoms with E-state index in [0.29, 0.717) is 32.7 Å². The Hall–Kier alpha value is -0.610. The molecule has 12 heavy (non-hydrogen) atoms. The Labute approximate surface area is 72.7 Å². The van der Waals surface area contributed by atoms with Crippen molar-refractivity contribution >= 4 is 5.91 Å². The molecular weight excluding hydrogens is 156 g/mol. The fourth-order valence-corrected chi connectivity index (χ4v) is 1.29. The lowest BCUT2D eigenvalue weighted by molar-refractivity contribution is -0.132. The normalized spacial score (nSPS) is 22.2. The predicted octanol–water partition coefficient (Wildman–Crippen LogP) is -0.417. The molecule has 1 heterocycles. The van der Waals surface area contributed by atoms with Crippen LogP contribution < -0.4 is 5.73 Å². The Balaban J connectivity index is 2.52. The summed E-state index contributed by atoms with van der Waals surface area (Å²) in [6, 6.07) is 0.138. The highest BCUT2D eigenvalue weighted by molar-refractivity contribution is 5.76. The van der Waals surface area contributed by atoms with Crippen molar-refractivity contribution in [2.24, 2.45) is 5.73 Å². The smallest absolute Gasteiger partial charge is 0.225 e. The Morgan fingerprint density at radius 1 is 1.67 bits per heavy atom. The monoisotopic (exact) mass is 172 g/mol. The number of carbonyl (C=O) groups is 1. The van der Waals surface area contributed by atoms with Crippen LogP contribution >= 0.6 is 0 Å². The quantitative estimate of drug-likeness (QED) is 0.615. The van der Waals surface area contributed by atoms with Crippen molar-refractivity contribution in [1.82, 2.24) is 4.90 Å². The van der Waals surface area contributed by atoms with Crippen LogP contribution in [0.1, 0.15) is 13.3 Å². The fourth-order valence-electron chi connectivity index (χ4n) is 1.29. The van der Waals surface area contributed by atoms with Crippen molar-refractivity contribution in [3.05, 3.63) is 0 Å². The molecule has 4 nitrogen and oxygen atoms in total. The van der Waals surface area contributed by atoms with Crippen molar-refractivity contribution in [2.75, 3.05) is 26.3 Å². The number of hydrogen-bond acceptors (Lipinski definition) is 3. The molecule has 0 saturated carbocycles. The molecule has 1 rings (SSSR count). The van der Waals surface area contributed by atoms with Crippen LogP contribution in [-0.4, -0.2) is 43.2 Å². The van der Waals surface area contributed by atoms with Crippen LogP contribution in [0.3, 0.4) is 0 Å². The molecule has 0 aromatic heterocycles. The molecule has 1 aliphatic heterocycles. The van der Waals surface area contributed by atoms with Crippen LogP contribution in [0.5, 0.6) is 0 Å². The number of rotatable bonds is 2. The minimum Gasteiger partial charge on any atom is -0.379 e. The number of carbonyl (C=O) groups excluding carboxylic acids is 1. The van der Waals surface area contributed by atoms with Crippen LogP contribution in [0.2, 0.25) is 0 Å². The van der Waals surface area contributed by atoms with E-state index in [-0.39, 0.29) is 11.9 Å². The van der Waals surface area contributed by atoms with Gasteiger partial charge in [-0.2, -0.15) is 0 Å². The van der Waals surface area contributed by atoms with E-state index in [1.54, 1.807) is 4.90 Å². The van der Waals surface area contributed by atoms with Crippen molar-refractivity contribution in [1.29, 1.82) is 0 Å². The second-order valence-corrected chi connectivity index (χ2v) is 3.03. The average Bonchev–Trinajstić information content (AvgIpc) is 2.28. The van der Waals surface area contributed by atoms with E-state index >= 15 is 0 Å². The van der Waals surface area contributed by atoms with Gasteiger partial charge in [0, 0.05) is 19.1 Å². The largest absolute Gasteiger partial charge is 0.379 e. The molecular formula is C8H16N2O2. The number of nitrogens with zero attached hydrogens (tertiary/aromatic N) is 1. The van der Waals surface area contributed by atoms with E-state index in [4.69, 9.17) is 10.5 Å². The van der Waals surface area contributed by atoms with Gasteiger partial charge in [-0.25, -0.2) is 0 Å². The zero-order chi connectivity index (χ0) is 8.97. The Morgan fingerprint density at radius 2 is 2.42 bits per heavy atom. The second-order valence-electron chi connectivity index (χ2n) is 3.03. The molecule has 1 saturated heterocycles. The number of hydrogen-bond donors (Lipinski definition) is 1. The van der Waals surface area contributed by atoms with Gasteiger partial charge in [0.05, 0.1) is 19.6 Å². The third-order valence-corrected chi connectivity index (χ3v) is 2.13. The van der Waals surface area contributed by atoms with Gasteiger partial charge >= 0.3 is 0 Å². The van der Waals surface area contributed by atoms with Crippen LogP contribution in [0, 0.1) is 0 Å². The summed E-state index contributed by atoms with van der Waals surface area (Å²) in [5, 5.41) is 0. The van der Waals surface area contributed by atoms with Crippen LogP contribution in [0.15, 0.2) is 0 Å². The third-order valence-electron chi connectivity index (χ3n) is 2.13. The summed E-state index contributed by atoms with van der Waals surface area (Å²) < 4.78 is 5.19. The van der Waals surface area contributed by atoms with Crippen LogP contribution in [0.25, 0.3) is 0 Å². The van der Waals surface area contributed by atoms with Crippen LogP contribution in [0.4, 0.5) is 0 Å². The molecule has 0 spiro atoms. The minimum atomic E-state index is 0.138. The molecule has 1 amide bonds. The maximum absolute atomic E-state index is 11.4. The first-order valence-corrected chi connectivity index (χ1v) is 4.33. The van der Waals surface area contributed by atoms with Gasteiger partial charge in [-0.1, -0.05) is 0 Å². The summed E-state index contributed by atoms with van der Waals surface area (Å²) in [7, 11) is 0. The van der Waals surface area contributed by atoms with E-state index in [1.807, 2.05) is 6.92 Å². The summed E-state index contributed by atoms with van der Waals surface area (Å²) in [6.45, 7) is 4.34. The van der Waals surface area contributed by atoms with E-state index < -0.39 is 0 Å². The van der Waals surface area contributed by atoms with E-state index in [2.05, 4.69) is 0 Å². The minimum absolute atomic E-state index is 0.138. The van der Waals surface area contributed by atoms with Gasteiger partial charge in [0.1, 0.15) is 0 Å². The molecule has 2 N–H and O–H groups in total. The zero-order valence-corrected chi connectivity index (χ0v) is 7.45. The van der Waals surface area contributed by atoms with Crippen LogP contribution in [-0.2, 0) is 9.53 Å². The Bertz CT molecular complexity index is 161. The predicted molar refractivity (Wildman–Crippen MR) is 45.7 cm³/mol. The van der Waals surface area contributed by atoms with Gasteiger partial charge in [0.15, 0.2) is 0 Å². The lowest BCUT2D eigenvalue weighted by Gasteiger charge is -2.26. The highest BCUT2D eigenvalue weighted by Crippen LogP contribution is 2.04. The summed E-state index contributed by atoms with van der Waals surface area (Å²) in [5.41, 5.74) is 5.48. The van der Waals surface area contributed by atoms with Crippen molar-refractivity contribution in [2.45, 2.75) is 19.4 Å². The van der Waals surface area contributed by atoms with Gasteiger partial charge in [-0.05, 0) is 6.92 Å². The first-order valence-electron chi connectivity index (χ1n) is 4.33. The maximum atomic E-state index is 11.4. The first-order chi connectivity index (χ1) is 5.75. The molecule has 0 aromatic rings. The molecule has 0 radical (unpaired) electrons. The third kappa shape index (κ3) is 2.19. The molecule has 0 aliphatic carbocycles.